The lowest BCUT2D eigenvalue weighted by molar-refractivity contribution is -0.128. The first-order valence-corrected chi connectivity index (χ1v) is 10.1. The Hall–Kier alpha value is -1.79. The molecular weight excluding hydrogens is 334 g/mol. The highest BCUT2D eigenvalue weighted by atomic mass is 16.6. The second kappa shape index (κ2) is 8.73. The average molecular weight is 365 g/mol. The zero-order chi connectivity index (χ0) is 18.5. The van der Waals surface area contributed by atoms with Crippen molar-refractivity contribution in [1.29, 1.82) is 0 Å². The summed E-state index contributed by atoms with van der Waals surface area (Å²) in [5.74, 6) is -0.296. The first-order valence-electron chi connectivity index (χ1n) is 10.1. The van der Waals surface area contributed by atoms with Crippen LogP contribution in [0.2, 0.25) is 0 Å². The van der Waals surface area contributed by atoms with Crippen molar-refractivity contribution in [1.82, 2.24) is 15.5 Å². The van der Waals surface area contributed by atoms with Gasteiger partial charge in [0.05, 0.1) is 18.4 Å². The number of amides is 3. The fourth-order valence-electron chi connectivity index (χ4n) is 4.06. The molecule has 0 aromatic rings. The Balaban J connectivity index is 1.36. The standard InChI is InChI=1S/C19H31N3O4/c1-2-26-19(25)22-10-8-14(9-11-22)21-18(24)16-12-15(16)17(23)20-13-6-4-3-5-7-13/h13-16H,2-12H2,1H3,(H,20,23)(H,21,24). The first kappa shape index (κ1) is 19.0. The largest absolute Gasteiger partial charge is 0.450 e. The molecule has 2 N–H and O–H groups in total. The van der Waals surface area contributed by atoms with Crippen LogP contribution in [0.4, 0.5) is 4.79 Å². The summed E-state index contributed by atoms with van der Waals surface area (Å²) in [4.78, 5) is 38.1. The molecule has 3 rings (SSSR count). The number of piperidine rings is 1. The molecule has 2 unspecified atom stereocenters. The Morgan fingerprint density at radius 2 is 1.42 bits per heavy atom. The molecule has 0 radical (unpaired) electrons. The van der Waals surface area contributed by atoms with E-state index in [4.69, 9.17) is 4.74 Å². The van der Waals surface area contributed by atoms with Crippen LogP contribution in [0.1, 0.15) is 58.3 Å². The van der Waals surface area contributed by atoms with Gasteiger partial charge in [0, 0.05) is 25.2 Å². The predicted octanol–water partition coefficient (Wildman–Crippen LogP) is 1.81. The molecule has 1 heterocycles. The summed E-state index contributed by atoms with van der Waals surface area (Å²) in [6, 6.07) is 0.378. The Kier molecular flexibility index (Phi) is 6.38. The van der Waals surface area contributed by atoms with Crippen LogP contribution in [-0.4, -0.2) is 54.6 Å². The summed E-state index contributed by atoms with van der Waals surface area (Å²) in [5, 5.41) is 6.19. The van der Waals surface area contributed by atoms with E-state index < -0.39 is 0 Å². The van der Waals surface area contributed by atoms with Gasteiger partial charge in [-0.2, -0.15) is 0 Å². The molecular formula is C19H31N3O4. The number of hydrogen-bond donors (Lipinski definition) is 2. The molecule has 0 aromatic carbocycles. The van der Waals surface area contributed by atoms with E-state index in [0.29, 0.717) is 32.2 Å². The zero-order valence-electron chi connectivity index (χ0n) is 15.7. The maximum Gasteiger partial charge on any atom is 0.409 e. The molecule has 1 aliphatic heterocycles. The predicted molar refractivity (Wildman–Crippen MR) is 96.4 cm³/mol. The van der Waals surface area contributed by atoms with Crippen LogP contribution in [-0.2, 0) is 14.3 Å². The molecule has 0 spiro atoms. The molecule has 0 bridgehead atoms. The third-order valence-corrected chi connectivity index (χ3v) is 5.78. The van der Waals surface area contributed by atoms with Gasteiger partial charge in [0.15, 0.2) is 0 Å². The number of carbonyl (C=O) groups is 3. The SMILES string of the molecule is CCOC(=O)N1CCC(NC(=O)C2CC2C(=O)NC2CCCCC2)CC1. The topological polar surface area (TPSA) is 87.7 Å². The van der Waals surface area contributed by atoms with Gasteiger partial charge in [0.2, 0.25) is 11.8 Å². The third-order valence-electron chi connectivity index (χ3n) is 5.78. The summed E-state index contributed by atoms with van der Waals surface area (Å²) in [6.45, 7) is 3.36. The van der Waals surface area contributed by atoms with E-state index in [2.05, 4.69) is 10.6 Å². The van der Waals surface area contributed by atoms with Gasteiger partial charge in [-0.25, -0.2) is 4.79 Å². The molecule has 2 saturated carbocycles. The van der Waals surface area contributed by atoms with Crippen molar-refractivity contribution in [2.45, 2.75) is 70.4 Å². The molecule has 3 aliphatic rings. The van der Waals surface area contributed by atoms with Crippen LogP contribution in [0.15, 0.2) is 0 Å². The summed E-state index contributed by atoms with van der Waals surface area (Å²) in [7, 11) is 0. The third kappa shape index (κ3) is 4.89. The monoisotopic (exact) mass is 365 g/mol. The van der Waals surface area contributed by atoms with Gasteiger partial charge >= 0.3 is 6.09 Å². The molecule has 3 fully saturated rings. The quantitative estimate of drug-likeness (QED) is 0.778. The minimum absolute atomic E-state index is 0.0108. The molecule has 0 aromatic heterocycles. The molecule has 7 nitrogen and oxygen atoms in total. The number of nitrogens with zero attached hydrogens (tertiary/aromatic N) is 1. The zero-order valence-corrected chi connectivity index (χ0v) is 15.7. The van der Waals surface area contributed by atoms with Gasteiger partial charge in [-0.05, 0) is 39.0 Å². The van der Waals surface area contributed by atoms with Gasteiger partial charge in [0.25, 0.3) is 0 Å². The molecule has 2 aliphatic carbocycles. The summed E-state index contributed by atoms with van der Waals surface area (Å²) in [6.07, 6.45) is 7.60. The van der Waals surface area contributed by atoms with Crippen LogP contribution in [0.5, 0.6) is 0 Å². The lowest BCUT2D eigenvalue weighted by Gasteiger charge is -2.31. The maximum atomic E-state index is 12.4. The number of rotatable bonds is 5. The van der Waals surface area contributed by atoms with Crippen molar-refractivity contribution in [3.63, 3.8) is 0 Å². The molecule has 2 atom stereocenters. The Morgan fingerprint density at radius 1 is 0.885 bits per heavy atom. The lowest BCUT2D eigenvalue weighted by Crippen LogP contribution is -2.47. The Bertz CT molecular complexity index is 525. The fraction of sp³-hybridized carbons (Fsp3) is 0.842. The van der Waals surface area contributed by atoms with Gasteiger partial charge in [-0.1, -0.05) is 19.3 Å². The van der Waals surface area contributed by atoms with E-state index in [1.807, 2.05) is 0 Å². The highest BCUT2D eigenvalue weighted by Crippen LogP contribution is 2.39. The Labute approximate surface area is 155 Å². The van der Waals surface area contributed by atoms with Crippen molar-refractivity contribution < 1.29 is 19.1 Å². The second-order valence-corrected chi connectivity index (χ2v) is 7.76. The van der Waals surface area contributed by atoms with Crippen LogP contribution in [0.25, 0.3) is 0 Å². The van der Waals surface area contributed by atoms with E-state index in [9.17, 15) is 14.4 Å². The molecule has 26 heavy (non-hydrogen) atoms. The molecule has 146 valence electrons. The van der Waals surface area contributed by atoms with Crippen molar-refractivity contribution in [2.75, 3.05) is 19.7 Å². The van der Waals surface area contributed by atoms with Crippen LogP contribution >= 0.6 is 0 Å². The average Bonchev–Trinajstić information content (AvgIpc) is 3.44. The first-order chi connectivity index (χ1) is 12.6. The normalized spacial score (nSPS) is 26.9. The van der Waals surface area contributed by atoms with E-state index >= 15 is 0 Å². The van der Waals surface area contributed by atoms with Gasteiger partial charge in [0.1, 0.15) is 0 Å². The number of hydrogen-bond acceptors (Lipinski definition) is 4. The number of likely N-dealkylation sites (tertiary alicyclic amines) is 1. The minimum Gasteiger partial charge on any atom is -0.450 e. The fourth-order valence-corrected chi connectivity index (χ4v) is 4.06. The minimum atomic E-state index is -0.279. The van der Waals surface area contributed by atoms with Gasteiger partial charge in [-0.3, -0.25) is 9.59 Å². The summed E-state index contributed by atoms with van der Waals surface area (Å²) >= 11 is 0. The number of nitrogens with one attached hydrogen (secondary N) is 2. The highest BCUT2D eigenvalue weighted by molar-refractivity contribution is 5.92. The van der Waals surface area contributed by atoms with Crippen LogP contribution in [0, 0.1) is 11.8 Å². The summed E-state index contributed by atoms with van der Waals surface area (Å²) in [5.41, 5.74) is 0. The smallest absolute Gasteiger partial charge is 0.409 e. The molecule has 7 heteroatoms. The van der Waals surface area contributed by atoms with Crippen LogP contribution in [0.3, 0.4) is 0 Å². The highest BCUT2D eigenvalue weighted by Gasteiger charge is 2.48. The molecule has 3 amide bonds. The van der Waals surface area contributed by atoms with Crippen molar-refractivity contribution >= 4 is 17.9 Å². The van der Waals surface area contributed by atoms with E-state index in [1.165, 1.54) is 19.3 Å². The lowest BCUT2D eigenvalue weighted by atomic mass is 9.95. The van der Waals surface area contributed by atoms with Gasteiger partial charge in [-0.15, -0.1) is 0 Å². The van der Waals surface area contributed by atoms with E-state index in [1.54, 1.807) is 11.8 Å². The maximum absolute atomic E-state index is 12.4. The van der Waals surface area contributed by atoms with Crippen LogP contribution < -0.4 is 10.6 Å². The molecule has 1 saturated heterocycles. The van der Waals surface area contributed by atoms with Crippen molar-refractivity contribution in [3.8, 4) is 0 Å². The number of carbonyl (C=O) groups excluding carboxylic acids is 3. The summed E-state index contributed by atoms with van der Waals surface area (Å²) < 4.78 is 5.00. The van der Waals surface area contributed by atoms with E-state index in [-0.39, 0.29) is 35.8 Å². The van der Waals surface area contributed by atoms with E-state index in [0.717, 1.165) is 25.7 Å². The number of ether oxygens (including phenoxy) is 1. The second-order valence-electron chi connectivity index (χ2n) is 7.76. The Morgan fingerprint density at radius 3 is 1.96 bits per heavy atom. The van der Waals surface area contributed by atoms with Crippen molar-refractivity contribution in [3.05, 3.63) is 0 Å². The van der Waals surface area contributed by atoms with Crippen molar-refractivity contribution in [2.24, 2.45) is 11.8 Å². The van der Waals surface area contributed by atoms with Gasteiger partial charge < -0.3 is 20.3 Å².